The average molecular weight is 278 g/mol. The molecule has 4 nitrogen and oxygen atoms in total. The van der Waals surface area contributed by atoms with E-state index in [9.17, 15) is 0 Å². The molecule has 1 aromatic rings. The summed E-state index contributed by atoms with van der Waals surface area (Å²) in [4.78, 5) is 2.59. The Morgan fingerprint density at radius 2 is 2.25 bits per heavy atom. The lowest BCUT2D eigenvalue weighted by atomic mass is 9.99. The zero-order valence-electron chi connectivity index (χ0n) is 13.5. The van der Waals surface area contributed by atoms with Crippen LogP contribution >= 0.6 is 0 Å². The quantitative estimate of drug-likeness (QED) is 0.896. The SMILES string of the molecule is CCc1cc(CN2CCCNC(C(C)CC)C2)n(C)n1. The van der Waals surface area contributed by atoms with Gasteiger partial charge in [0, 0.05) is 26.2 Å². The molecular formula is C16H30N4. The molecule has 0 spiro atoms. The summed E-state index contributed by atoms with van der Waals surface area (Å²) < 4.78 is 2.05. The lowest BCUT2D eigenvalue weighted by Gasteiger charge is -2.28. The van der Waals surface area contributed by atoms with E-state index in [1.54, 1.807) is 0 Å². The van der Waals surface area contributed by atoms with Crippen molar-refractivity contribution in [1.29, 1.82) is 0 Å². The van der Waals surface area contributed by atoms with Gasteiger partial charge in [-0.25, -0.2) is 0 Å². The number of nitrogens with one attached hydrogen (secondary N) is 1. The van der Waals surface area contributed by atoms with E-state index in [1.165, 1.54) is 30.8 Å². The fourth-order valence-electron chi connectivity index (χ4n) is 2.95. The van der Waals surface area contributed by atoms with Crippen LogP contribution in [0.25, 0.3) is 0 Å². The van der Waals surface area contributed by atoms with E-state index < -0.39 is 0 Å². The van der Waals surface area contributed by atoms with Gasteiger partial charge in [0.15, 0.2) is 0 Å². The molecule has 2 unspecified atom stereocenters. The van der Waals surface area contributed by atoms with Gasteiger partial charge in [-0.3, -0.25) is 9.58 Å². The molecular weight excluding hydrogens is 248 g/mol. The molecule has 4 heteroatoms. The van der Waals surface area contributed by atoms with Gasteiger partial charge >= 0.3 is 0 Å². The molecule has 0 radical (unpaired) electrons. The number of nitrogens with zero attached hydrogens (tertiary/aromatic N) is 3. The van der Waals surface area contributed by atoms with E-state index in [4.69, 9.17) is 0 Å². The van der Waals surface area contributed by atoms with Crippen molar-refractivity contribution in [3.05, 3.63) is 17.5 Å². The van der Waals surface area contributed by atoms with Crippen molar-refractivity contribution in [3.8, 4) is 0 Å². The molecule has 20 heavy (non-hydrogen) atoms. The monoisotopic (exact) mass is 278 g/mol. The maximum absolute atomic E-state index is 4.56. The second kappa shape index (κ2) is 7.23. The maximum Gasteiger partial charge on any atom is 0.0625 e. The molecule has 1 fully saturated rings. The zero-order valence-corrected chi connectivity index (χ0v) is 13.5. The normalized spacial score (nSPS) is 22.7. The van der Waals surface area contributed by atoms with Gasteiger partial charge in [0.05, 0.1) is 11.4 Å². The van der Waals surface area contributed by atoms with E-state index in [1.807, 2.05) is 0 Å². The Morgan fingerprint density at radius 3 is 2.90 bits per heavy atom. The highest BCUT2D eigenvalue weighted by molar-refractivity contribution is 5.10. The molecule has 1 saturated heterocycles. The summed E-state index contributed by atoms with van der Waals surface area (Å²) in [5.41, 5.74) is 2.54. The van der Waals surface area contributed by atoms with Crippen molar-refractivity contribution < 1.29 is 0 Å². The van der Waals surface area contributed by atoms with Crippen LogP contribution in [-0.2, 0) is 20.0 Å². The number of aryl methyl sites for hydroxylation is 2. The van der Waals surface area contributed by atoms with Gasteiger partial charge in [0.1, 0.15) is 0 Å². The lowest BCUT2D eigenvalue weighted by molar-refractivity contribution is 0.226. The third-order valence-corrected chi connectivity index (χ3v) is 4.62. The first-order valence-corrected chi connectivity index (χ1v) is 8.11. The standard InChI is InChI=1S/C16H30N4/c1-5-13(3)16-12-20(9-7-8-17-16)11-15-10-14(6-2)18-19(15)4/h10,13,16-17H,5-9,11-12H2,1-4H3. The summed E-state index contributed by atoms with van der Waals surface area (Å²) in [6.45, 7) is 11.3. The summed E-state index contributed by atoms with van der Waals surface area (Å²) in [5, 5.41) is 8.28. The first-order valence-electron chi connectivity index (χ1n) is 8.11. The Hall–Kier alpha value is -0.870. The second-order valence-corrected chi connectivity index (χ2v) is 6.14. The molecule has 2 heterocycles. The van der Waals surface area contributed by atoms with Gasteiger partial charge in [-0.2, -0.15) is 5.10 Å². The fraction of sp³-hybridized carbons (Fsp3) is 0.812. The van der Waals surface area contributed by atoms with E-state index in [2.05, 4.69) is 53.9 Å². The van der Waals surface area contributed by atoms with Gasteiger partial charge in [-0.05, 0) is 37.9 Å². The van der Waals surface area contributed by atoms with Crippen LogP contribution in [0.4, 0.5) is 0 Å². The molecule has 1 aliphatic rings. The minimum Gasteiger partial charge on any atom is -0.312 e. The van der Waals surface area contributed by atoms with Crippen LogP contribution in [-0.4, -0.2) is 40.4 Å². The fourth-order valence-corrected chi connectivity index (χ4v) is 2.95. The summed E-state index contributed by atoms with van der Waals surface area (Å²) in [5.74, 6) is 0.744. The predicted molar refractivity (Wildman–Crippen MR) is 83.7 cm³/mol. The number of rotatable bonds is 5. The van der Waals surface area contributed by atoms with E-state index in [0.717, 1.165) is 32.0 Å². The first-order chi connectivity index (χ1) is 9.63. The Bertz CT molecular complexity index is 413. The van der Waals surface area contributed by atoms with Gasteiger partial charge in [0.25, 0.3) is 0 Å². The largest absolute Gasteiger partial charge is 0.312 e. The smallest absolute Gasteiger partial charge is 0.0625 e. The Balaban J connectivity index is 2.01. The van der Waals surface area contributed by atoms with Gasteiger partial charge in [0.2, 0.25) is 0 Å². The van der Waals surface area contributed by atoms with Crippen molar-refractivity contribution >= 4 is 0 Å². The summed E-state index contributed by atoms with van der Waals surface area (Å²) >= 11 is 0. The van der Waals surface area contributed by atoms with Crippen LogP contribution in [0.1, 0.15) is 45.0 Å². The van der Waals surface area contributed by atoms with Crippen molar-refractivity contribution in [2.75, 3.05) is 19.6 Å². The highest BCUT2D eigenvalue weighted by Crippen LogP contribution is 2.15. The van der Waals surface area contributed by atoms with Crippen molar-refractivity contribution in [3.63, 3.8) is 0 Å². The van der Waals surface area contributed by atoms with Crippen molar-refractivity contribution in [2.45, 2.75) is 52.6 Å². The Labute approximate surface area is 123 Å². The Kier molecular flexibility index (Phi) is 5.61. The van der Waals surface area contributed by atoms with E-state index >= 15 is 0 Å². The maximum atomic E-state index is 4.56. The topological polar surface area (TPSA) is 33.1 Å². The molecule has 1 N–H and O–H groups in total. The Morgan fingerprint density at radius 1 is 1.45 bits per heavy atom. The molecule has 2 atom stereocenters. The third kappa shape index (κ3) is 3.83. The van der Waals surface area contributed by atoms with Gasteiger partial charge < -0.3 is 5.32 Å². The molecule has 0 aromatic carbocycles. The van der Waals surface area contributed by atoms with Crippen molar-refractivity contribution in [2.24, 2.45) is 13.0 Å². The molecule has 0 bridgehead atoms. The van der Waals surface area contributed by atoms with Gasteiger partial charge in [-0.15, -0.1) is 0 Å². The number of hydrogen-bond donors (Lipinski definition) is 1. The molecule has 114 valence electrons. The minimum atomic E-state index is 0.626. The molecule has 0 aliphatic carbocycles. The summed E-state index contributed by atoms with van der Waals surface area (Å²) in [7, 11) is 2.07. The number of hydrogen-bond acceptors (Lipinski definition) is 3. The molecule has 0 amide bonds. The summed E-state index contributed by atoms with van der Waals surface area (Å²) in [6, 6.07) is 2.89. The summed E-state index contributed by atoms with van der Waals surface area (Å²) in [6.07, 6.45) is 3.51. The second-order valence-electron chi connectivity index (χ2n) is 6.14. The minimum absolute atomic E-state index is 0.626. The third-order valence-electron chi connectivity index (χ3n) is 4.62. The van der Waals surface area contributed by atoms with Crippen LogP contribution in [0.3, 0.4) is 0 Å². The molecule has 2 rings (SSSR count). The van der Waals surface area contributed by atoms with Crippen LogP contribution in [0.5, 0.6) is 0 Å². The van der Waals surface area contributed by atoms with Crippen LogP contribution < -0.4 is 5.32 Å². The van der Waals surface area contributed by atoms with Crippen LogP contribution in [0, 0.1) is 5.92 Å². The number of aromatic nitrogens is 2. The zero-order chi connectivity index (χ0) is 14.5. The van der Waals surface area contributed by atoms with E-state index in [-0.39, 0.29) is 0 Å². The van der Waals surface area contributed by atoms with Crippen LogP contribution in [0.2, 0.25) is 0 Å². The average Bonchev–Trinajstić information content (AvgIpc) is 2.65. The van der Waals surface area contributed by atoms with Crippen LogP contribution in [0.15, 0.2) is 6.07 Å². The van der Waals surface area contributed by atoms with E-state index in [0.29, 0.717) is 6.04 Å². The van der Waals surface area contributed by atoms with Crippen molar-refractivity contribution in [1.82, 2.24) is 20.0 Å². The lowest BCUT2D eigenvalue weighted by Crippen LogP contribution is -2.41. The highest BCUT2D eigenvalue weighted by Gasteiger charge is 2.22. The molecule has 1 aromatic heterocycles. The molecule has 1 aliphatic heterocycles. The predicted octanol–water partition coefficient (Wildman–Crippen LogP) is 2.19. The first kappa shape index (κ1) is 15.5. The molecule has 0 saturated carbocycles. The highest BCUT2D eigenvalue weighted by atomic mass is 15.3. The van der Waals surface area contributed by atoms with Gasteiger partial charge in [-0.1, -0.05) is 27.2 Å².